The third kappa shape index (κ3) is 4.43. The van der Waals surface area contributed by atoms with Crippen LogP contribution in [0.3, 0.4) is 0 Å². The highest BCUT2D eigenvalue weighted by atomic mass is 19.4. The molecule has 8 heteroatoms. The molecule has 1 aromatic carbocycles. The van der Waals surface area contributed by atoms with Crippen molar-refractivity contribution in [1.29, 1.82) is 0 Å². The van der Waals surface area contributed by atoms with Gasteiger partial charge in [0.1, 0.15) is 11.6 Å². The third-order valence-electron chi connectivity index (χ3n) is 4.48. The SMILES string of the molecule is Cc1cc(C(F)(F)F)cc(O)c1-c1ccc(NCC(C)(C)N(C)C)nn1. The van der Waals surface area contributed by atoms with Crippen molar-refractivity contribution >= 4 is 5.82 Å². The van der Waals surface area contributed by atoms with E-state index in [1.807, 2.05) is 14.1 Å². The van der Waals surface area contributed by atoms with Crippen LogP contribution in [0.2, 0.25) is 0 Å². The van der Waals surface area contributed by atoms with E-state index in [1.165, 1.54) is 6.92 Å². The van der Waals surface area contributed by atoms with Crippen molar-refractivity contribution in [3.05, 3.63) is 35.4 Å². The van der Waals surface area contributed by atoms with Crippen molar-refractivity contribution in [1.82, 2.24) is 15.1 Å². The Labute approximate surface area is 150 Å². The molecule has 0 aliphatic heterocycles. The lowest BCUT2D eigenvalue weighted by Crippen LogP contribution is -2.44. The summed E-state index contributed by atoms with van der Waals surface area (Å²) in [7, 11) is 3.96. The number of aromatic hydroxyl groups is 1. The molecule has 5 nitrogen and oxygen atoms in total. The molecule has 2 rings (SSSR count). The second-order valence-corrected chi connectivity index (χ2v) is 7.05. The van der Waals surface area contributed by atoms with Crippen molar-refractivity contribution in [3.8, 4) is 17.0 Å². The zero-order chi connectivity index (χ0) is 19.7. The van der Waals surface area contributed by atoms with Gasteiger partial charge in [-0.3, -0.25) is 0 Å². The lowest BCUT2D eigenvalue weighted by molar-refractivity contribution is -0.137. The summed E-state index contributed by atoms with van der Waals surface area (Å²) in [4.78, 5) is 2.07. The lowest BCUT2D eigenvalue weighted by atomic mass is 10.0. The fourth-order valence-electron chi connectivity index (χ4n) is 2.29. The predicted molar refractivity (Wildman–Crippen MR) is 95.1 cm³/mol. The van der Waals surface area contributed by atoms with Gasteiger partial charge < -0.3 is 15.3 Å². The molecule has 2 N–H and O–H groups in total. The molecule has 0 atom stereocenters. The van der Waals surface area contributed by atoms with Gasteiger partial charge >= 0.3 is 6.18 Å². The minimum Gasteiger partial charge on any atom is -0.507 e. The van der Waals surface area contributed by atoms with Crippen LogP contribution in [0.4, 0.5) is 19.0 Å². The molecule has 0 saturated carbocycles. The van der Waals surface area contributed by atoms with Crippen LogP contribution in [0.1, 0.15) is 25.0 Å². The van der Waals surface area contributed by atoms with Gasteiger partial charge in [0.2, 0.25) is 0 Å². The maximum Gasteiger partial charge on any atom is 0.416 e. The number of aromatic nitrogens is 2. The molecule has 142 valence electrons. The monoisotopic (exact) mass is 368 g/mol. The van der Waals surface area contributed by atoms with E-state index in [9.17, 15) is 18.3 Å². The number of hydrogen-bond acceptors (Lipinski definition) is 5. The molecule has 1 heterocycles. The van der Waals surface area contributed by atoms with Gasteiger partial charge in [-0.1, -0.05) is 0 Å². The van der Waals surface area contributed by atoms with Gasteiger partial charge in [0.15, 0.2) is 0 Å². The van der Waals surface area contributed by atoms with Crippen LogP contribution in [0.25, 0.3) is 11.3 Å². The molecule has 0 bridgehead atoms. The zero-order valence-electron chi connectivity index (χ0n) is 15.4. The molecular weight excluding hydrogens is 345 g/mol. The first-order chi connectivity index (χ1) is 11.9. The van der Waals surface area contributed by atoms with Gasteiger partial charge in [0.05, 0.1) is 11.3 Å². The Balaban J connectivity index is 2.24. The molecule has 0 amide bonds. The summed E-state index contributed by atoms with van der Waals surface area (Å²) in [5.74, 6) is 0.0776. The van der Waals surface area contributed by atoms with E-state index in [0.717, 1.165) is 6.07 Å². The standard InChI is InChI=1S/C18H23F3N4O/c1-11-8-12(18(19,20)21)9-14(26)16(11)13-6-7-15(24-23-13)22-10-17(2,3)25(4)5/h6-9,26H,10H2,1-5H3,(H,22,24). The van der Waals surface area contributed by atoms with Crippen molar-refractivity contribution in [2.45, 2.75) is 32.5 Å². The first-order valence-electron chi connectivity index (χ1n) is 8.08. The van der Waals surface area contributed by atoms with Crippen LogP contribution in [0.15, 0.2) is 24.3 Å². The van der Waals surface area contributed by atoms with Crippen LogP contribution in [0, 0.1) is 6.92 Å². The number of aryl methyl sites for hydroxylation is 1. The summed E-state index contributed by atoms with van der Waals surface area (Å²) in [6.45, 7) is 6.28. The summed E-state index contributed by atoms with van der Waals surface area (Å²) in [5.41, 5.74) is -0.158. The van der Waals surface area contributed by atoms with E-state index >= 15 is 0 Å². The smallest absolute Gasteiger partial charge is 0.416 e. The highest BCUT2D eigenvalue weighted by molar-refractivity contribution is 5.71. The van der Waals surface area contributed by atoms with Gasteiger partial charge in [-0.25, -0.2) is 0 Å². The molecule has 0 aliphatic carbocycles. The minimum atomic E-state index is -4.51. The summed E-state index contributed by atoms with van der Waals surface area (Å²) < 4.78 is 38.5. The highest BCUT2D eigenvalue weighted by Gasteiger charge is 2.32. The number of phenolic OH excluding ortho intramolecular Hbond substituents is 1. The Morgan fingerprint density at radius 2 is 1.77 bits per heavy atom. The summed E-state index contributed by atoms with van der Waals surface area (Å²) in [6, 6.07) is 5.00. The molecule has 0 unspecified atom stereocenters. The molecule has 26 heavy (non-hydrogen) atoms. The Morgan fingerprint density at radius 3 is 2.23 bits per heavy atom. The average molecular weight is 368 g/mol. The van der Waals surface area contributed by atoms with Gasteiger partial charge in [0.25, 0.3) is 0 Å². The quantitative estimate of drug-likeness (QED) is 0.837. The maximum atomic E-state index is 12.8. The van der Waals surface area contributed by atoms with Crippen LogP contribution < -0.4 is 5.32 Å². The van der Waals surface area contributed by atoms with Gasteiger partial charge in [0, 0.05) is 17.6 Å². The molecular formula is C18H23F3N4O. The predicted octanol–water partition coefficient (Wildman–Crippen LogP) is 3.93. The largest absolute Gasteiger partial charge is 0.507 e. The molecule has 0 saturated heterocycles. The van der Waals surface area contributed by atoms with Gasteiger partial charge in [-0.15, -0.1) is 10.2 Å². The fourth-order valence-corrected chi connectivity index (χ4v) is 2.29. The summed E-state index contributed by atoms with van der Waals surface area (Å²) in [5, 5.41) is 21.3. The van der Waals surface area contributed by atoms with Gasteiger partial charge in [-0.05, 0) is 64.7 Å². The molecule has 0 fully saturated rings. The molecule has 0 spiro atoms. The number of likely N-dealkylation sites (N-methyl/N-ethyl adjacent to an activating group) is 1. The average Bonchev–Trinajstić information content (AvgIpc) is 2.52. The molecule has 0 radical (unpaired) electrons. The number of anilines is 1. The fraction of sp³-hybridized carbons (Fsp3) is 0.444. The Hall–Kier alpha value is -2.35. The van der Waals surface area contributed by atoms with Crippen LogP contribution in [-0.2, 0) is 6.18 Å². The zero-order valence-corrected chi connectivity index (χ0v) is 15.4. The van der Waals surface area contributed by atoms with Crippen molar-refractivity contribution in [2.24, 2.45) is 0 Å². The van der Waals surface area contributed by atoms with E-state index in [2.05, 4.69) is 34.3 Å². The molecule has 1 aromatic heterocycles. The van der Waals surface area contributed by atoms with Crippen LogP contribution >= 0.6 is 0 Å². The number of nitrogens with one attached hydrogen (secondary N) is 1. The first kappa shape index (κ1) is 20.0. The van der Waals surface area contributed by atoms with Crippen molar-refractivity contribution in [2.75, 3.05) is 26.0 Å². The topological polar surface area (TPSA) is 61.3 Å². The minimum absolute atomic E-state index is 0.0946. The van der Waals surface area contributed by atoms with Crippen LogP contribution in [-0.4, -0.2) is 46.4 Å². The highest BCUT2D eigenvalue weighted by Crippen LogP contribution is 2.38. The van der Waals surface area contributed by atoms with Crippen molar-refractivity contribution < 1.29 is 18.3 Å². The lowest BCUT2D eigenvalue weighted by Gasteiger charge is -2.32. The second-order valence-electron chi connectivity index (χ2n) is 7.05. The molecule has 2 aromatic rings. The number of alkyl halides is 3. The Morgan fingerprint density at radius 1 is 1.12 bits per heavy atom. The number of halogens is 3. The van der Waals surface area contributed by atoms with Crippen LogP contribution in [0.5, 0.6) is 5.75 Å². The number of hydrogen-bond donors (Lipinski definition) is 2. The van der Waals surface area contributed by atoms with E-state index in [1.54, 1.807) is 12.1 Å². The number of rotatable bonds is 5. The summed E-state index contributed by atoms with van der Waals surface area (Å²) in [6.07, 6.45) is -4.51. The normalized spacial score (nSPS) is 12.5. The Bertz CT molecular complexity index is 748. The van der Waals surface area contributed by atoms with E-state index in [4.69, 9.17) is 0 Å². The third-order valence-corrected chi connectivity index (χ3v) is 4.48. The number of phenols is 1. The molecule has 0 aliphatic rings. The first-order valence-corrected chi connectivity index (χ1v) is 8.08. The van der Waals surface area contributed by atoms with Crippen molar-refractivity contribution in [3.63, 3.8) is 0 Å². The maximum absolute atomic E-state index is 12.8. The van der Waals surface area contributed by atoms with E-state index in [0.29, 0.717) is 24.1 Å². The number of benzene rings is 1. The second kappa shape index (κ2) is 7.11. The number of nitrogens with zero attached hydrogens (tertiary/aromatic N) is 3. The summed E-state index contributed by atoms with van der Waals surface area (Å²) >= 11 is 0. The van der Waals surface area contributed by atoms with E-state index < -0.39 is 17.5 Å². The van der Waals surface area contributed by atoms with Gasteiger partial charge in [-0.2, -0.15) is 13.2 Å². The Kier molecular flexibility index (Phi) is 5.46. The van der Waals surface area contributed by atoms with E-state index in [-0.39, 0.29) is 16.7 Å².